The third kappa shape index (κ3) is 3.68. The van der Waals surface area contributed by atoms with Gasteiger partial charge in [-0.2, -0.15) is 0 Å². The predicted molar refractivity (Wildman–Crippen MR) is 88.2 cm³/mol. The average Bonchev–Trinajstić information content (AvgIpc) is 2.38. The van der Waals surface area contributed by atoms with E-state index in [4.69, 9.17) is 0 Å². The summed E-state index contributed by atoms with van der Waals surface area (Å²) >= 11 is 7.01. The van der Waals surface area contributed by atoms with Crippen LogP contribution in [0.2, 0.25) is 0 Å². The Hall–Kier alpha value is -0.710. The summed E-state index contributed by atoms with van der Waals surface area (Å²) in [7, 11) is 0. The predicted octanol–water partition coefficient (Wildman–Crippen LogP) is 5.76. The molecule has 0 amide bonds. The van der Waals surface area contributed by atoms with E-state index in [0.29, 0.717) is 5.56 Å². The van der Waals surface area contributed by atoms with E-state index in [1.165, 1.54) is 6.07 Å². The molecule has 0 fully saturated rings. The number of benzene rings is 2. The van der Waals surface area contributed by atoms with Gasteiger partial charge in [-0.25, -0.2) is 4.39 Å². The van der Waals surface area contributed by atoms with Crippen molar-refractivity contribution < 1.29 is 4.39 Å². The molecule has 0 aliphatic rings. The minimum Gasteiger partial charge on any atom is -0.304 e. The van der Waals surface area contributed by atoms with Gasteiger partial charge in [0.15, 0.2) is 0 Å². The topological polar surface area (TPSA) is 12.0 Å². The lowest BCUT2D eigenvalue weighted by atomic mass is 10.0. The molecular weight excluding hydrogens is 385 g/mol. The maximum atomic E-state index is 13.8. The highest BCUT2D eigenvalue weighted by molar-refractivity contribution is 9.11. The Morgan fingerprint density at radius 2 is 1.60 bits per heavy atom. The largest absolute Gasteiger partial charge is 0.304 e. The van der Waals surface area contributed by atoms with E-state index >= 15 is 0 Å². The lowest BCUT2D eigenvalue weighted by molar-refractivity contribution is 0.473. The van der Waals surface area contributed by atoms with E-state index in [1.807, 2.05) is 31.2 Å². The van der Waals surface area contributed by atoms with Gasteiger partial charge in [0.2, 0.25) is 0 Å². The Labute approximate surface area is 135 Å². The summed E-state index contributed by atoms with van der Waals surface area (Å²) in [5.41, 5.74) is 1.84. The van der Waals surface area contributed by atoms with Crippen LogP contribution in [0.4, 0.5) is 4.39 Å². The highest BCUT2D eigenvalue weighted by Crippen LogP contribution is 2.28. The van der Waals surface area contributed by atoms with Gasteiger partial charge >= 0.3 is 0 Å². The van der Waals surface area contributed by atoms with Crippen LogP contribution in [0, 0.1) is 5.82 Å². The number of hydrogen-bond acceptors (Lipinski definition) is 1. The van der Waals surface area contributed by atoms with Gasteiger partial charge in [-0.05, 0) is 37.6 Å². The Bertz CT molecular complexity index is 601. The lowest BCUT2D eigenvalue weighted by Gasteiger charge is -2.22. The molecule has 1 N–H and O–H groups in total. The molecule has 2 rings (SSSR count). The molecule has 2 aromatic rings. The molecule has 0 saturated heterocycles. The normalized spacial score (nSPS) is 14.1. The van der Waals surface area contributed by atoms with Gasteiger partial charge in [0.05, 0.1) is 0 Å². The molecule has 0 aromatic heterocycles. The Kier molecular flexibility index (Phi) is 5.35. The van der Waals surface area contributed by atoms with E-state index in [-0.39, 0.29) is 17.9 Å². The van der Waals surface area contributed by atoms with Crippen LogP contribution in [-0.4, -0.2) is 0 Å². The molecule has 20 heavy (non-hydrogen) atoms. The second-order valence-electron chi connectivity index (χ2n) is 4.80. The molecule has 0 bridgehead atoms. The summed E-state index contributed by atoms with van der Waals surface area (Å²) in [5.74, 6) is -0.172. The fourth-order valence-corrected chi connectivity index (χ4v) is 3.62. The SMILES string of the molecule is CC(N[C@H](C)c1ccccc1F)c1ccc(Br)cc1Br. The van der Waals surface area contributed by atoms with E-state index in [2.05, 4.69) is 50.2 Å². The van der Waals surface area contributed by atoms with E-state index in [1.54, 1.807) is 6.07 Å². The van der Waals surface area contributed by atoms with Crippen molar-refractivity contribution in [3.63, 3.8) is 0 Å². The molecule has 1 nitrogen and oxygen atoms in total. The zero-order valence-electron chi connectivity index (χ0n) is 11.3. The maximum Gasteiger partial charge on any atom is 0.127 e. The fraction of sp³-hybridized carbons (Fsp3) is 0.250. The zero-order chi connectivity index (χ0) is 14.7. The summed E-state index contributed by atoms with van der Waals surface area (Å²) in [6, 6.07) is 13.0. The smallest absolute Gasteiger partial charge is 0.127 e. The fourth-order valence-electron chi connectivity index (χ4n) is 2.23. The first-order valence-corrected chi connectivity index (χ1v) is 8.03. The van der Waals surface area contributed by atoms with Crippen molar-refractivity contribution >= 4 is 31.9 Å². The minimum atomic E-state index is -0.172. The molecule has 2 aromatic carbocycles. The van der Waals surface area contributed by atoms with Gasteiger partial charge in [0.25, 0.3) is 0 Å². The van der Waals surface area contributed by atoms with Crippen molar-refractivity contribution in [3.05, 3.63) is 68.4 Å². The van der Waals surface area contributed by atoms with Crippen molar-refractivity contribution in [2.45, 2.75) is 25.9 Å². The average molecular weight is 401 g/mol. The first-order valence-electron chi connectivity index (χ1n) is 6.44. The second-order valence-corrected chi connectivity index (χ2v) is 6.57. The van der Waals surface area contributed by atoms with E-state index in [9.17, 15) is 4.39 Å². The summed E-state index contributed by atoms with van der Waals surface area (Å²) in [5, 5.41) is 3.43. The van der Waals surface area contributed by atoms with Gasteiger partial charge < -0.3 is 5.32 Å². The lowest BCUT2D eigenvalue weighted by Crippen LogP contribution is -2.23. The monoisotopic (exact) mass is 399 g/mol. The van der Waals surface area contributed by atoms with Crippen molar-refractivity contribution in [2.24, 2.45) is 0 Å². The quantitative estimate of drug-likeness (QED) is 0.687. The number of hydrogen-bond donors (Lipinski definition) is 1. The van der Waals surface area contributed by atoms with Crippen LogP contribution in [0.3, 0.4) is 0 Å². The van der Waals surface area contributed by atoms with Gasteiger partial charge in [-0.1, -0.05) is 56.1 Å². The van der Waals surface area contributed by atoms with Crippen LogP contribution in [0.1, 0.15) is 37.1 Å². The Morgan fingerprint density at radius 3 is 2.25 bits per heavy atom. The van der Waals surface area contributed by atoms with Crippen LogP contribution < -0.4 is 5.32 Å². The summed E-state index contributed by atoms with van der Waals surface area (Å²) < 4.78 is 15.8. The van der Waals surface area contributed by atoms with Crippen molar-refractivity contribution in [1.29, 1.82) is 0 Å². The number of halogens is 3. The molecule has 2 atom stereocenters. The molecule has 1 unspecified atom stereocenters. The third-order valence-electron chi connectivity index (χ3n) is 3.30. The first kappa shape index (κ1) is 15.7. The Morgan fingerprint density at radius 1 is 0.950 bits per heavy atom. The minimum absolute atomic E-state index is 0.0539. The van der Waals surface area contributed by atoms with Crippen LogP contribution in [0.5, 0.6) is 0 Å². The Balaban J connectivity index is 2.15. The molecule has 4 heteroatoms. The standard InChI is InChI=1S/C16H16Br2FN/c1-10(13-8-7-12(17)9-15(13)18)20-11(2)14-5-3-4-6-16(14)19/h3-11,20H,1-2H3/t10?,11-/m1/s1. The van der Waals surface area contributed by atoms with Crippen LogP contribution in [0.25, 0.3) is 0 Å². The van der Waals surface area contributed by atoms with Gasteiger partial charge in [0, 0.05) is 26.6 Å². The highest BCUT2D eigenvalue weighted by Gasteiger charge is 2.15. The molecule has 0 heterocycles. The van der Waals surface area contributed by atoms with Crippen LogP contribution >= 0.6 is 31.9 Å². The molecule has 0 aliphatic carbocycles. The van der Waals surface area contributed by atoms with Crippen molar-refractivity contribution in [2.75, 3.05) is 0 Å². The van der Waals surface area contributed by atoms with Crippen LogP contribution in [0.15, 0.2) is 51.4 Å². The van der Waals surface area contributed by atoms with E-state index in [0.717, 1.165) is 14.5 Å². The highest BCUT2D eigenvalue weighted by atomic mass is 79.9. The third-order valence-corrected chi connectivity index (χ3v) is 4.48. The van der Waals surface area contributed by atoms with Gasteiger partial charge in [0.1, 0.15) is 5.82 Å². The van der Waals surface area contributed by atoms with Crippen molar-refractivity contribution in [1.82, 2.24) is 5.32 Å². The van der Waals surface area contributed by atoms with Crippen molar-refractivity contribution in [3.8, 4) is 0 Å². The maximum absolute atomic E-state index is 13.8. The number of rotatable bonds is 4. The molecular formula is C16H16Br2FN. The van der Waals surface area contributed by atoms with Gasteiger partial charge in [-0.15, -0.1) is 0 Å². The van der Waals surface area contributed by atoms with Gasteiger partial charge in [-0.3, -0.25) is 0 Å². The molecule has 0 aliphatic heterocycles. The molecule has 106 valence electrons. The number of nitrogens with one attached hydrogen (secondary N) is 1. The first-order chi connectivity index (χ1) is 9.49. The molecule has 0 spiro atoms. The zero-order valence-corrected chi connectivity index (χ0v) is 14.5. The van der Waals surface area contributed by atoms with Crippen LogP contribution in [-0.2, 0) is 0 Å². The molecule has 0 saturated carbocycles. The van der Waals surface area contributed by atoms with E-state index < -0.39 is 0 Å². The second kappa shape index (κ2) is 6.83. The summed E-state index contributed by atoms with van der Waals surface area (Å²) in [4.78, 5) is 0. The summed E-state index contributed by atoms with van der Waals surface area (Å²) in [6.45, 7) is 4.05. The summed E-state index contributed by atoms with van der Waals surface area (Å²) in [6.07, 6.45) is 0. The molecule has 0 radical (unpaired) electrons.